The molecular formula is C10H20O3. The van der Waals surface area contributed by atoms with Gasteiger partial charge in [0.2, 0.25) is 0 Å². The molecule has 13 heavy (non-hydrogen) atoms. The monoisotopic (exact) mass is 188 g/mol. The maximum absolute atomic E-state index is 9.12. The second-order valence-corrected chi connectivity index (χ2v) is 3.41. The Morgan fingerprint density at radius 2 is 1.85 bits per heavy atom. The van der Waals surface area contributed by atoms with Crippen LogP contribution >= 0.6 is 0 Å². The summed E-state index contributed by atoms with van der Waals surface area (Å²) in [5.74, 6) is 0.911. The summed E-state index contributed by atoms with van der Waals surface area (Å²) in [4.78, 5) is 8.95. The predicted molar refractivity (Wildman–Crippen MR) is 51.3 cm³/mol. The number of hydrogen-bond donors (Lipinski definition) is 1. The first kappa shape index (κ1) is 12.4. The molecule has 1 rings (SSSR count). The molecule has 0 amide bonds. The first-order chi connectivity index (χ1) is 6.24. The number of rotatable bonds is 2. The summed E-state index contributed by atoms with van der Waals surface area (Å²) in [7, 11) is 1.31. The number of hydrogen-bond acceptors (Lipinski definition) is 3. The van der Waals surface area contributed by atoms with Gasteiger partial charge in [-0.25, -0.2) is 0 Å². The van der Waals surface area contributed by atoms with Crippen molar-refractivity contribution in [1.82, 2.24) is 0 Å². The molecule has 0 aromatic carbocycles. The van der Waals surface area contributed by atoms with Crippen molar-refractivity contribution in [3.8, 4) is 0 Å². The van der Waals surface area contributed by atoms with Gasteiger partial charge < -0.3 is 9.84 Å². The molecule has 0 saturated heterocycles. The third-order valence-corrected chi connectivity index (χ3v) is 2.49. The van der Waals surface area contributed by atoms with Gasteiger partial charge in [-0.3, -0.25) is 4.79 Å². The minimum atomic E-state index is 0.0211. The first-order valence-electron chi connectivity index (χ1n) is 4.89. The summed E-state index contributed by atoms with van der Waals surface area (Å²) in [6, 6.07) is 0. The van der Waals surface area contributed by atoms with Crippen LogP contribution in [-0.4, -0.2) is 24.8 Å². The number of aliphatic hydroxyl groups is 1. The fourth-order valence-corrected chi connectivity index (χ4v) is 1.55. The average Bonchev–Trinajstić information content (AvgIpc) is 2.19. The van der Waals surface area contributed by atoms with Crippen LogP contribution in [0.2, 0.25) is 0 Å². The van der Waals surface area contributed by atoms with E-state index >= 15 is 0 Å². The van der Waals surface area contributed by atoms with Crippen molar-refractivity contribution < 1.29 is 14.6 Å². The molecule has 0 aliphatic heterocycles. The fraction of sp³-hybridized carbons (Fsp3) is 0.900. The minimum Gasteiger partial charge on any atom is -0.471 e. The van der Waals surface area contributed by atoms with Crippen LogP contribution in [0.15, 0.2) is 0 Å². The smallest absolute Gasteiger partial charge is 0.292 e. The van der Waals surface area contributed by atoms with Crippen LogP contribution in [0.25, 0.3) is 0 Å². The molecule has 1 N–H and O–H groups in total. The fourth-order valence-electron chi connectivity index (χ4n) is 1.55. The zero-order valence-electron chi connectivity index (χ0n) is 8.53. The summed E-state index contributed by atoms with van der Waals surface area (Å²) >= 11 is 0. The maximum Gasteiger partial charge on any atom is 0.292 e. The van der Waals surface area contributed by atoms with Crippen LogP contribution in [0.1, 0.15) is 39.0 Å². The van der Waals surface area contributed by atoms with Crippen LogP contribution in [0, 0.1) is 5.92 Å². The van der Waals surface area contributed by atoms with Gasteiger partial charge in [-0.15, -0.1) is 0 Å². The normalized spacial score (nSPS) is 27.0. The highest BCUT2D eigenvalue weighted by molar-refractivity contribution is 5.36. The highest BCUT2D eigenvalue weighted by Crippen LogP contribution is 2.25. The van der Waals surface area contributed by atoms with Crippen LogP contribution in [-0.2, 0) is 9.53 Å². The van der Waals surface area contributed by atoms with Gasteiger partial charge in [0.15, 0.2) is 0 Å². The molecule has 1 saturated carbocycles. The molecule has 0 heterocycles. The van der Waals surface area contributed by atoms with Gasteiger partial charge in [0.1, 0.15) is 0 Å². The van der Waals surface area contributed by atoms with E-state index in [0.717, 1.165) is 18.8 Å². The Hall–Kier alpha value is -0.570. The van der Waals surface area contributed by atoms with Gasteiger partial charge >= 0.3 is 0 Å². The summed E-state index contributed by atoms with van der Waals surface area (Å²) < 4.78 is 3.86. The van der Waals surface area contributed by atoms with E-state index in [0.29, 0.717) is 6.47 Å². The molecule has 0 aromatic rings. The summed E-state index contributed by atoms with van der Waals surface area (Å²) in [6.45, 7) is 2.61. The third kappa shape index (κ3) is 6.58. The van der Waals surface area contributed by atoms with Crippen LogP contribution in [0.4, 0.5) is 0 Å². The third-order valence-electron chi connectivity index (χ3n) is 2.49. The molecular weight excluding hydrogens is 168 g/mol. The van der Waals surface area contributed by atoms with Gasteiger partial charge in [0, 0.05) is 0 Å². The van der Waals surface area contributed by atoms with Crippen molar-refractivity contribution in [2.45, 2.75) is 45.1 Å². The molecule has 0 atom stereocenters. The van der Waals surface area contributed by atoms with E-state index < -0.39 is 0 Å². The molecule has 0 spiro atoms. The molecule has 3 heteroatoms. The van der Waals surface area contributed by atoms with Gasteiger partial charge in [0.25, 0.3) is 6.47 Å². The van der Waals surface area contributed by atoms with Crippen molar-refractivity contribution in [2.24, 2.45) is 5.92 Å². The van der Waals surface area contributed by atoms with Gasteiger partial charge in [-0.2, -0.15) is 0 Å². The van der Waals surface area contributed by atoms with E-state index in [9.17, 15) is 0 Å². The molecule has 78 valence electrons. The highest BCUT2D eigenvalue weighted by atomic mass is 16.5. The molecule has 3 nitrogen and oxygen atoms in total. The largest absolute Gasteiger partial charge is 0.471 e. The SMILES string of the molecule is CC[C@H]1CC[C@@H](O)CC1.COC=O. The summed E-state index contributed by atoms with van der Waals surface area (Å²) in [5.41, 5.74) is 0. The van der Waals surface area contributed by atoms with Crippen molar-refractivity contribution in [3.63, 3.8) is 0 Å². The number of aliphatic hydroxyl groups excluding tert-OH is 1. The average molecular weight is 188 g/mol. The molecule has 0 unspecified atom stereocenters. The second-order valence-electron chi connectivity index (χ2n) is 3.41. The Morgan fingerprint density at radius 1 is 1.38 bits per heavy atom. The lowest BCUT2D eigenvalue weighted by Crippen LogP contribution is -2.17. The van der Waals surface area contributed by atoms with E-state index in [2.05, 4.69) is 11.7 Å². The Kier molecular flexibility index (Phi) is 7.69. The van der Waals surface area contributed by atoms with E-state index in [1.54, 1.807) is 0 Å². The lowest BCUT2D eigenvalue weighted by molar-refractivity contribution is -0.126. The van der Waals surface area contributed by atoms with Crippen LogP contribution < -0.4 is 0 Å². The standard InChI is InChI=1S/C8H16O.C2H4O2/c1-2-7-3-5-8(9)6-4-7;1-4-2-3/h7-9H,2-6H2,1H3;2H,1H3/t7-,8+;. The van der Waals surface area contributed by atoms with Crippen LogP contribution in [0.3, 0.4) is 0 Å². The Bertz CT molecular complexity index is 117. The van der Waals surface area contributed by atoms with Gasteiger partial charge in [-0.1, -0.05) is 13.3 Å². The quantitative estimate of drug-likeness (QED) is 0.671. The van der Waals surface area contributed by atoms with Crippen molar-refractivity contribution in [3.05, 3.63) is 0 Å². The van der Waals surface area contributed by atoms with Crippen molar-refractivity contribution >= 4 is 6.47 Å². The first-order valence-corrected chi connectivity index (χ1v) is 4.89. The lowest BCUT2D eigenvalue weighted by atomic mass is 9.86. The Balaban J connectivity index is 0.000000310. The van der Waals surface area contributed by atoms with Gasteiger partial charge in [-0.05, 0) is 31.6 Å². The molecule has 1 aliphatic carbocycles. The zero-order chi connectivity index (χ0) is 10.1. The topological polar surface area (TPSA) is 46.5 Å². The number of methoxy groups -OCH3 is 1. The number of carbonyl (C=O) groups is 1. The molecule has 1 fully saturated rings. The zero-order valence-corrected chi connectivity index (χ0v) is 8.53. The van der Waals surface area contributed by atoms with E-state index in [-0.39, 0.29) is 6.10 Å². The number of ether oxygens (including phenoxy) is 1. The lowest BCUT2D eigenvalue weighted by Gasteiger charge is -2.23. The molecule has 0 radical (unpaired) electrons. The summed E-state index contributed by atoms with van der Waals surface area (Å²) in [6.07, 6.45) is 5.90. The molecule has 0 aromatic heterocycles. The van der Waals surface area contributed by atoms with E-state index in [4.69, 9.17) is 9.90 Å². The van der Waals surface area contributed by atoms with Crippen LogP contribution in [0.5, 0.6) is 0 Å². The molecule has 0 bridgehead atoms. The second kappa shape index (κ2) is 8.05. The number of carbonyl (C=O) groups excluding carboxylic acids is 1. The highest BCUT2D eigenvalue weighted by Gasteiger charge is 2.16. The maximum atomic E-state index is 9.12. The van der Waals surface area contributed by atoms with E-state index in [1.807, 2.05) is 0 Å². The molecule has 1 aliphatic rings. The predicted octanol–water partition coefficient (Wildman–Crippen LogP) is 1.74. The van der Waals surface area contributed by atoms with Crippen molar-refractivity contribution in [1.29, 1.82) is 0 Å². The van der Waals surface area contributed by atoms with Gasteiger partial charge in [0.05, 0.1) is 13.2 Å². The van der Waals surface area contributed by atoms with E-state index in [1.165, 1.54) is 26.4 Å². The van der Waals surface area contributed by atoms with Crippen molar-refractivity contribution in [2.75, 3.05) is 7.11 Å². The minimum absolute atomic E-state index is 0.0211. The Morgan fingerprint density at radius 3 is 2.15 bits per heavy atom. The summed E-state index contributed by atoms with van der Waals surface area (Å²) in [5, 5.41) is 9.12. The Labute approximate surface area is 80.1 Å².